The van der Waals surface area contributed by atoms with Gasteiger partial charge in [-0.1, -0.05) is 30.3 Å². The fraction of sp³-hybridized carbons (Fsp3) is 0.700. The second-order valence-electron chi connectivity index (χ2n) is 17.1. The molecule has 1 aliphatic heterocycles. The number of ether oxygens (including phenoxy) is 4. The molecule has 3 atom stereocenters. The van der Waals surface area contributed by atoms with Crippen LogP contribution in [0.15, 0.2) is 30.3 Å². The van der Waals surface area contributed by atoms with Gasteiger partial charge in [-0.15, -0.1) is 0 Å². The predicted octanol–water partition coefficient (Wildman–Crippen LogP) is 4.08. The third-order valence-corrected chi connectivity index (χ3v) is 8.45. The Kier molecular flexibility index (Phi) is 18.7. The first-order chi connectivity index (χ1) is 25.9. The molecule has 0 aliphatic carbocycles. The van der Waals surface area contributed by atoms with E-state index in [1.807, 2.05) is 30.3 Å². The molecule has 0 saturated carbocycles. The summed E-state index contributed by atoms with van der Waals surface area (Å²) in [4.78, 5) is 81.3. The van der Waals surface area contributed by atoms with E-state index in [0.717, 1.165) is 5.56 Å². The van der Waals surface area contributed by atoms with Crippen molar-refractivity contribution >= 4 is 35.9 Å². The number of alkyl carbamates (subject to hydrolysis) is 1. The number of carbonyl (C=O) groups is 6. The molecular weight excluding hydrogens is 728 g/mol. The molecule has 0 bridgehead atoms. The van der Waals surface area contributed by atoms with E-state index in [-0.39, 0.29) is 58.7 Å². The smallest absolute Gasteiger partial charge is 0.407 e. The zero-order valence-electron chi connectivity index (χ0n) is 34.6. The second-order valence-corrected chi connectivity index (χ2v) is 17.1. The minimum atomic E-state index is -1.18. The Bertz CT molecular complexity index is 1450. The minimum Gasteiger partial charge on any atom is -0.480 e. The molecule has 16 heteroatoms. The third-order valence-electron chi connectivity index (χ3n) is 8.45. The maximum absolute atomic E-state index is 13.9. The fourth-order valence-corrected chi connectivity index (χ4v) is 6.28. The minimum absolute atomic E-state index is 0.00669. The van der Waals surface area contributed by atoms with Gasteiger partial charge in [0.25, 0.3) is 0 Å². The summed E-state index contributed by atoms with van der Waals surface area (Å²) in [6, 6.07) is 6.68. The largest absolute Gasteiger partial charge is 0.480 e. The van der Waals surface area contributed by atoms with E-state index < -0.39 is 77.4 Å². The molecule has 2 rings (SSSR count). The van der Waals surface area contributed by atoms with Crippen molar-refractivity contribution in [3.8, 4) is 0 Å². The number of carboxylic acid groups (broad SMARTS) is 2. The lowest BCUT2D eigenvalue weighted by molar-refractivity contribution is -0.161. The van der Waals surface area contributed by atoms with Crippen molar-refractivity contribution in [2.75, 3.05) is 45.8 Å². The van der Waals surface area contributed by atoms with Gasteiger partial charge in [0.15, 0.2) is 0 Å². The standard InChI is InChI=1S/C40H64N4O12/c1-38(2,3)54-33(47)25-42(23-29-18-19-30(35(49)50)44(29)24-32(45)46)21-22-43(26-34(48)55-39(4,5)6)31(36(51)53-27-28-15-11-10-12-16-28)17-13-14-20-41-37(52)56-40(7,8)9/h10-12,15-16,29-31H,13-14,17-27H2,1-9H3,(H,41,52)(H,45,46)(H,49,50)/t29-,30+,31+/m0/s1. The lowest BCUT2D eigenvalue weighted by Crippen LogP contribution is -2.52. The first kappa shape index (κ1) is 47.9. The van der Waals surface area contributed by atoms with Crippen LogP contribution in [0, 0.1) is 0 Å². The highest BCUT2D eigenvalue weighted by Gasteiger charge is 2.40. The Morgan fingerprint density at radius 2 is 1.39 bits per heavy atom. The Morgan fingerprint density at radius 1 is 0.804 bits per heavy atom. The van der Waals surface area contributed by atoms with E-state index in [1.165, 1.54) is 4.90 Å². The molecular formula is C40H64N4O12. The summed E-state index contributed by atoms with van der Waals surface area (Å²) >= 11 is 0. The molecule has 1 heterocycles. The summed E-state index contributed by atoms with van der Waals surface area (Å²) in [5, 5.41) is 22.1. The first-order valence-corrected chi connectivity index (χ1v) is 19.2. The van der Waals surface area contributed by atoms with Gasteiger partial charge >= 0.3 is 35.9 Å². The summed E-state index contributed by atoms with van der Waals surface area (Å²) < 4.78 is 22.4. The van der Waals surface area contributed by atoms with Crippen LogP contribution in [0.2, 0.25) is 0 Å². The van der Waals surface area contributed by atoms with Gasteiger partial charge in [-0.2, -0.15) is 0 Å². The average molecular weight is 793 g/mol. The lowest BCUT2D eigenvalue weighted by Gasteiger charge is -2.35. The number of carbonyl (C=O) groups excluding carboxylic acids is 4. The van der Waals surface area contributed by atoms with Crippen molar-refractivity contribution < 1.29 is 57.9 Å². The van der Waals surface area contributed by atoms with Crippen LogP contribution in [0.25, 0.3) is 0 Å². The number of benzene rings is 1. The van der Waals surface area contributed by atoms with E-state index in [0.29, 0.717) is 19.3 Å². The summed E-state index contributed by atoms with van der Waals surface area (Å²) in [5.41, 5.74) is -1.51. The highest BCUT2D eigenvalue weighted by molar-refractivity contribution is 5.78. The van der Waals surface area contributed by atoms with Gasteiger partial charge < -0.3 is 34.5 Å². The lowest BCUT2D eigenvalue weighted by atomic mass is 10.1. The molecule has 1 fully saturated rings. The van der Waals surface area contributed by atoms with Gasteiger partial charge in [0.05, 0.1) is 19.6 Å². The molecule has 1 aliphatic rings. The van der Waals surface area contributed by atoms with Crippen molar-refractivity contribution in [1.29, 1.82) is 0 Å². The SMILES string of the molecule is CC(C)(C)OC(=O)CN(CCN(CC(=O)OC(C)(C)C)[C@H](CCCCNC(=O)OC(C)(C)C)C(=O)OCc1ccccc1)C[C@@H]1CC[C@H](C(=O)O)N1CC(=O)O. The van der Waals surface area contributed by atoms with E-state index in [2.05, 4.69) is 5.32 Å². The highest BCUT2D eigenvalue weighted by Crippen LogP contribution is 2.25. The molecule has 1 aromatic rings. The maximum Gasteiger partial charge on any atom is 0.407 e. The van der Waals surface area contributed by atoms with Gasteiger partial charge in [0, 0.05) is 32.2 Å². The Balaban J connectivity index is 2.42. The molecule has 0 spiro atoms. The second kappa shape index (κ2) is 21.9. The number of hydrogen-bond donors (Lipinski definition) is 3. The Hall–Kier alpha value is -4.28. The van der Waals surface area contributed by atoms with E-state index in [1.54, 1.807) is 72.1 Å². The molecule has 56 heavy (non-hydrogen) atoms. The number of nitrogens with one attached hydrogen (secondary N) is 1. The summed E-state index contributed by atoms with van der Waals surface area (Å²) in [5.74, 6) is -4.02. The van der Waals surface area contributed by atoms with Gasteiger partial charge in [0.1, 0.15) is 35.5 Å². The highest BCUT2D eigenvalue weighted by atomic mass is 16.6. The van der Waals surface area contributed by atoms with E-state index in [9.17, 15) is 39.0 Å². The molecule has 16 nitrogen and oxygen atoms in total. The number of nitrogens with zero attached hydrogens (tertiary/aromatic N) is 3. The number of esters is 3. The first-order valence-electron chi connectivity index (χ1n) is 19.2. The zero-order valence-corrected chi connectivity index (χ0v) is 34.6. The molecule has 1 amide bonds. The molecule has 1 aromatic carbocycles. The van der Waals surface area contributed by atoms with Crippen LogP contribution >= 0.6 is 0 Å². The van der Waals surface area contributed by atoms with Crippen LogP contribution in [0.5, 0.6) is 0 Å². The molecule has 0 radical (unpaired) electrons. The summed E-state index contributed by atoms with van der Waals surface area (Å²) in [7, 11) is 0. The number of carboxylic acids is 2. The van der Waals surface area contributed by atoms with Gasteiger partial charge in [-0.3, -0.25) is 38.7 Å². The number of likely N-dealkylation sites (tertiary alicyclic amines) is 1. The summed E-state index contributed by atoms with van der Waals surface area (Å²) in [6.45, 7) is 15.2. The van der Waals surface area contributed by atoms with Gasteiger partial charge in [-0.05, 0) is 100.0 Å². The van der Waals surface area contributed by atoms with Crippen LogP contribution in [-0.4, -0.2) is 142 Å². The van der Waals surface area contributed by atoms with Crippen LogP contribution in [0.4, 0.5) is 4.79 Å². The molecule has 1 saturated heterocycles. The topological polar surface area (TPSA) is 202 Å². The van der Waals surface area contributed by atoms with Crippen molar-refractivity contribution in [1.82, 2.24) is 20.0 Å². The normalized spacial score (nSPS) is 17.0. The van der Waals surface area contributed by atoms with Crippen molar-refractivity contribution in [3.05, 3.63) is 35.9 Å². The average Bonchev–Trinajstić information content (AvgIpc) is 3.42. The summed E-state index contributed by atoms with van der Waals surface area (Å²) in [6.07, 6.45) is 1.23. The van der Waals surface area contributed by atoms with Crippen molar-refractivity contribution in [2.45, 2.75) is 136 Å². The monoisotopic (exact) mass is 792 g/mol. The molecule has 0 aromatic heterocycles. The van der Waals surface area contributed by atoms with E-state index >= 15 is 0 Å². The van der Waals surface area contributed by atoms with Crippen molar-refractivity contribution in [2.24, 2.45) is 0 Å². The number of unbranched alkanes of at least 4 members (excludes halogenated alkanes) is 1. The fourth-order valence-electron chi connectivity index (χ4n) is 6.28. The van der Waals surface area contributed by atoms with Crippen molar-refractivity contribution in [3.63, 3.8) is 0 Å². The number of amides is 1. The van der Waals surface area contributed by atoms with Crippen LogP contribution < -0.4 is 5.32 Å². The number of rotatable bonds is 21. The molecule has 316 valence electrons. The predicted molar refractivity (Wildman–Crippen MR) is 207 cm³/mol. The van der Waals surface area contributed by atoms with Gasteiger partial charge in [0.2, 0.25) is 0 Å². The van der Waals surface area contributed by atoms with Crippen LogP contribution in [0.3, 0.4) is 0 Å². The molecule has 0 unspecified atom stereocenters. The third kappa shape index (κ3) is 19.5. The Labute approximate surface area is 331 Å². The number of aliphatic carboxylic acids is 2. The van der Waals surface area contributed by atoms with E-state index in [4.69, 9.17) is 18.9 Å². The molecule has 3 N–H and O–H groups in total. The zero-order chi connectivity index (χ0) is 42.3. The van der Waals surface area contributed by atoms with Crippen LogP contribution in [0.1, 0.15) is 100.0 Å². The Morgan fingerprint density at radius 3 is 1.95 bits per heavy atom. The quantitative estimate of drug-likeness (QED) is 0.0913. The maximum atomic E-state index is 13.9. The van der Waals surface area contributed by atoms with Gasteiger partial charge in [-0.25, -0.2) is 4.79 Å². The van der Waals surface area contributed by atoms with Crippen LogP contribution in [-0.2, 0) is 49.5 Å². The number of hydrogen-bond acceptors (Lipinski definition) is 13.